The molecule has 0 aliphatic carbocycles. The molecule has 1 aliphatic heterocycles. The number of carbonyl (C=O) groups is 2. The molecule has 0 amide bonds. The van der Waals surface area contributed by atoms with Crippen LogP contribution in [0.3, 0.4) is 0 Å². The maximum absolute atomic E-state index is 11.9. The summed E-state index contributed by atoms with van der Waals surface area (Å²) in [4.78, 5) is 28.1. The summed E-state index contributed by atoms with van der Waals surface area (Å²) in [7, 11) is 0. The molecule has 1 aliphatic rings. The van der Waals surface area contributed by atoms with Crippen LogP contribution in [0.2, 0.25) is 0 Å². The Labute approximate surface area is 131 Å². The normalized spacial score (nSPS) is 14.5. The molecule has 0 atom stereocenters. The molecule has 2 aromatic rings. The number of anilines is 1. The maximum atomic E-state index is 11.9. The van der Waals surface area contributed by atoms with E-state index < -0.39 is 5.97 Å². The number of pyridine rings is 1. The summed E-state index contributed by atoms with van der Waals surface area (Å²) in [6.45, 7) is 1.95. The highest BCUT2D eigenvalue weighted by molar-refractivity contribution is 8.04. The Bertz CT molecular complexity index is 786. The minimum absolute atomic E-state index is 0.0972. The van der Waals surface area contributed by atoms with Crippen molar-refractivity contribution in [1.29, 1.82) is 0 Å². The molecule has 5 nitrogen and oxygen atoms in total. The zero-order chi connectivity index (χ0) is 15.5. The number of benzene rings is 1. The smallest absolute Gasteiger partial charge is 0.344 e. The fourth-order valence-electron chi connectivity index (χ4n) is 2.19. The molecule has 0 spiro atoms. The first-order chi connectivity index (χ1) is 10.7. The third-order valence-electron chi connectivity index (χ3n) is 3.18. The molecule has 0 fully saturated rings. The van der Waals surface area contributed by atoms with E-state index >= 15 is 0 Å². The van der Waals surface area contributed by atoms with Crippen LogP contribution in [0.15, 0.2) is 47.1 Å². The topological polar surface area (TPSA) is 68.3 Å². The SMILES string of the molecule is CCOC(=O)C1=C(Nc2cnc3ccccc3c2)SCC1=O. The van der Waals surface area contributed by atoms with Gasteiger partial charge in [0.05, 0.1) is 34.8 Å². The Hall–Kier alpha value is -2.34. The van der Waals surface area contributed by atoms with Gasteiger partial charge in [-0.1, -0.05) is 30.0 Å². The van der Waals surface area contributed by atoms with Crippen molar-refractivity contribution in [3.63, 3.8) is 0 Å². The minimum Gasteiger partial charge on any atom is -0.462 e. The first-order valence-electron chi connectivity index (χ1n) is 6.88. The summed E-state index contributed by atoms with van der Waals surface area (Å²) in [5.41, 5.74) is 1.72. The molecule has 2 heterocycles. The Morgan fingerprint density at radius 3 is 3.05 bits per heavy atom. The molecular formula is C16H14N2O3S. The number of hydrogen-bond donors (Lipinski definition) is 1. The molecule has 112 valence electrons. The van der Waals surface area contributed by atoms with Crippen molar-refractivity contribution in [3.05, 3.63) is 47.1 Å². The maximum Gasteiger partial charge on any atom is 0.344 e. The summed E-state index contributed by atoms with van der Waals surface area (Å²) < 4.78 is 4.95. The third kappa shape index (κ3) is 2.82. The van der Waals surface area contributed by atoms with Gasteiger partial charge in [0.25, 0.3) is 0 Å². The van der Waals surface area contributed by atoms with Crippen molar-refractivity contribution in [2.75, 3.05) is 17.7 Å². The van der Waals surface area contributed by atoms with Gasteiger partial charge in [-0.2, -0.15) is 0 Å². The summed E-state index contributed by atoms with van der Waals surface area (Å²) in [5, 5.41) is 4.63. The van der Waals surface area contributed by atoms with Crippen LogP contribution in [0.4, 0.5) is 5.69 Å². The molecule has 22 heavy (non-hydrogen) atoms. The van der Waals surface area contributed by atoms with Crippen LogP contribution in [0.1, 0.15) is 6.92 Å². The van der Waals surface area contributed by atoms with Crippen LogP contribution in [-0.4, -0.2) is 29.1 Å². The van der Waals surface area contributed by atoms with E-state index in [0.29, 0.717) is 5.03 Å². The zero-order valence-corrected chi connectivity index (χ0v) is 12.8. The number of Topliss-reactive ketones (excluding diaryl/α,β-unsaturated/α-hetero) is 1. The van der Waals surface area contributed by atoms with Gasteiger partial charge in [0.15, 0.2) is 5.78 Å². The van der Waals surface area contributed by atoms with Crippen LogP contribution in [0.25, 0.3) is 10.9 Å². The van der Waals surface area contributed by atoms with Crippen molar-refractivity contribution in [2.45, 2.75) is 6.92 Å². The Morgan fingerprint density at radius 2 is 2.23 bits per heavy atom. The van der Waals surface area contributed by atoms with Crippen LogP contribution >= 0.6 is 11.8 Å². The highest BCUT2D eigenvalue weighted by Crippen LogP contribution is 2.31. The van der Waals surface area contributed by atoms with Crippen LogP contribution in [0, 0.1) is 0 Å². The van der Waals surface area contributed by atoms with E-state index in [1.165, 1.54) is 11.8 Å². The zero-order valence-electron chi connectivity index (χ0n) is 12.0. The molecule has 0 saturated carbocycles. The molecule has 0 unspecified atom stereocenters. The number of rotatable bonds is 4. The second-order valence-electron chi connectivity index (χ2n) is 4.68. The Morgan fingerprint density at radius 1 is 1.41 bits per heavy atom. The van der Waals surface area contributed by atoms with Gasteiger partial charge in [-0.3, -0.25) is 9.78 Å². The number of fused-ring (bicyclic) bond motifs is 1. The number of esters is 1. The fourth-order valence-corrected chi connectivity index (χ4v) is 3.14. The minimum atomic E-state index is -0.575. The molecule has 0 saturated heterocycles. The number of ether oxygens (including phenoxy) is 1. The van der Waals surface area contributed by atoms with Gasteiger partial charge < -0.3 is 10.1 Å². The average Bonchev–Trinajstić information content (AvgIpc) is 2.88. The molecular weight excluding hydrogens is 300 g/mol. The number of hydrogen-bond acceptors (Lipinski definition) is 6. The van der Waals surface area contributed by atoms with E-state index in [0.717, 1.165) is 16.6 Å². The number of nitrogens with zero attached hydrogens (tertiary/aromatic N) is 1. The Balaban J connectivity index is 1.91. The Kier molecular flexibility index (Phi) is 4.11. The van der Waals surface area contributed by atoms with Crippen LogP contribution in [-0.2, 0) is 14.3 Å². The number of thioether (sulfide) groups is 1. The highest BCUT2D eigenvalue weighted by atomic mass is 32.2. The van der Waals surface area contributed by atoms with Crippen molar-refractivity contribution in [1.82, 2.24) is 4.98 Å². The largest absolute Gasteiger partial charge is 0.462 e. The molecule has 3 rings (SSSR count). The standard InChI is InChI=1S/C16H14N2O3S/c1-2-21-16(20)14-13(19)9-22-15(14)18-11-7-10-5-3-4-6-12(10)17-8-11/h3-8,18H,2,9H2,1H3. The summed E-state index contributed by atoms with van der Waals surface area (Å²) >= 11 is 1.30. The van der Waals surface area contributed by atoms with Gasteiger partial charge in [-0.15, -0.1) is 0 Å². The van der Waals surface area contributed by atoms with Crippen molar-refractivity contribution >= 4 is 40.1 Å². The van der Waals surface area contributed by atoms with Gasteiger partial charge in [0, 0.05) is 5.39 Å². The number of nitrogens with one attached hydrogen (secondary N) is 1. The summed E-state index contributed by atoms with van der Waals surface area (Å²) in [6.07, 6.45) is 1.68. The van der Waals surface area contributed by atoms with Crippen molar-refractivity contribution < 1.29 is 14.3 Å². The summed E-state index contributed by atoms with van der Waals surface area (Å²) in [5.74, 6) is -0.536. The highest BCUT2D eigenvalue weighted by Gasteiger charge is 2.30. The lowest BCUT2D eigenvalue weighted by Crippen LogP contribution is -2.16. The predicted octanol–water partition coefficient (Wildman–Crippen LogP) is 2.74. The number of ketones is 1. The van der Waals surface area contributed by atoms with Gasteiger partial charge >= 0.3 is 5.97 Å². The second-order valence-corrected chi connectivity index (χ2v) is 5.66. The molecule has 1 aromatic carbocycles. The van der Waals surface area contributed by atoms with Crippen LogP contribution in [0.5, 0.6) is 0 Å². The van der Waals surface area contributed by atoms with Gasteiger partial charge in [0.2, 0.25) is 0 Å². The van der Waals surface area contributed by atoms with Gasteiger partial charge in [-0.05, 0) is 19.1 Å². The van der Waals surface area contributed by atoms with E-state index in [4.69, 9.17) is 4.74 Å². The summed E-state index contributed by atoms with van der Waals surface area (Å²) in [6, 6.07) is 9.68. The first-order valence-corrected chi connectivity index (χ1v) is 7.87. The van der Waals surface area contributed by atoms with E-state index in [9.17, 15) is 9.59 Å². The lowest BCUT2D eigenvalue weighted by molar-refractivity contribution is -0.139. The van der Waals surface area contributed by atoms with E-state index in [1.54, 1.807) is 13.1 Å². The lowest BCUT2D eigenvalue weighted by atomic mass is 10.2. The molecule has 0 radical (unpaired) electrons. The average molecular weight is 314 g/mol. The molecule has 6 heteroatoms. The number of para-hydroxylation sites is 1. The van der Waals surface area contributed by atoms with Gasteiger partial charge in [0.1, 0.15) is 5.57 Å². The fraction of sp³-hybridized carbons (Fsp3) is 0.188. The van der Waals surface area contributed by atoms with E-state index in [-0.39, 0.29) is 23.7 Å². The number of carbonyl (C=O) groups excluding carboxylic acids is 2. The van der Waals surface area contributed by atoms with Crippen molar-refractivity contribution in [3.8, 4) is 0 Å². The predicted molar refractivity (Wildman–Crippen MR) is 86.5 cm³/mol. The monoisotopic (exact) mass is 314 g/mol. The quantitative estimate of drug-likeness (QED) is 0.691. The first kappa shape index (κ1) is 14.6. The number of aromatic nitrogens is 1. The van der Waals surface area contributed by atoms with Gasteiger partial charge in [-0.25, -0.2) is 4.79 Å². The molecule has 0 bridgehead atoms. The molecule has 1 N–H and O–H groups in total. The second kappa shape index (κ2) is 6.19. The van der Waals surface area contributed by atoms with Crippen molar-refractivity contribution in [2.24, 2.45) is 0 Å². The third-order valence-corrected chi connectivity index (χ3v) is 4.18. The lowest BCUT2D eigenvalue weighted by Gasteiger charge is -2.09. The van der Waals surface area contributed by atoms with Crippen LogP contribution < -0.4 is 5.32 Å². The van der Waals surface area contributed by atoms with E-state index in [1.807, 2.05) is 30.3 Å². The molecule has 1 aromatic heterocycles. The van der Waals surface area contributed by atoms with E-state index in [2.05, 4.69) is 10.3 Å².